The van der Waals surface area contributed by atoms with Gasteiger partial charge in [-0.25, -0.2) is 4.79 Å². The van der Waals surface area contributed by atoms with Crippen LogP contribution in [0.15, 0.2) is 24.3 Å². The van der Waals surface area contributed by atoms with Crippen LogP contribution in [0.4, 0.5) is 10.5 Å². The summed E-state index contributed by atoms with van der Waals surface area (Å²) in [6.45, 7) is 6.63. The van der Waals surface area contributed by atoms with Crippen LogP contribution < -0.4 is 5.73 Å². The number of nitrogen functional groups attached to an aromatic ring is 1. The van der Waals surface area contributed by atoms with Crippen LogP contribution in [0.3, 0.4) is 0 Å². The zero-order valence-electron chi connectivity index (χ0n) is 10.6. The van der Waals surface area contributed by atoms with Gasteiger partial charge in [0.1, 0.15) is 0 Å². The molecule has 1 aromatic carbocycles. The van der Waals surface area contributed by atoms with Gasteiger partial charge in [0.2, 0.25) is 0 Å². The molecule has 1 aromatic rings. The lowest BCUT2D eigenvalue weighted by molar-refractivity contribution is 0.0930. The van der Waals surface area contributed by atoms with Crippen molar-refractivity contribution in [2.24, 2.45) is 0 Å². The van der Waals surface area contributed by atoms with E-state index in [4.69, 9.17) is 10.5 Å². The lowest BCUT2D eigenvalue weighted by Crippen LogP contribution is -2.36. The number of rotatable bonds is 4. The minimum atomic E-state index is -0.287. The number of carbonyl (C=O) groups excluding carboxylic acids is 1. The third kappa shape index (κ3) is 3.98. The highest BCUT2D eigenvalue weighted by Crippen LogP contribution is 2.12. The molecule has 0 bridgehead atoms. The molecule has 17 heavy (non-hydrogen) atoms. The maximum atomic E-state index is 11.7. The predicted molar refractivity (Wildman–Crippen MR) is 68.6 cm³/mol. The van der Waals surface area contributed by atoms with E-state index in [1.165, 1.54) is 0 Å². The Morgan fingerprint density at radius 3 is 2.71 bits per heavy atom. The van der Waals surface area contributed by atoms with Gasteiger partial charge in [0.15, 0.2) is 0 Å². The molecular weight excluding hydrogens is 216 g/mol. The Labute approximate surface area is 102 Å². The van der Waals surface area contributed by atoms with Crippen molar-refractivity contribution in [3.8, 4) is 0 Å². The molecule has 0 spiro atoms. The quantitative estimate of drug-likeness (QED) is 0.818. The van der Waals surface area contributed by atoms with Gasteiger partial charge in [0.25, 0.3) is 0 Å². The van der Waals surface area contributed by atoms with E-state index in [-0.39, 0.29) is 12.1 Å². The molecule has 0 aliphatic heterocycles. The first kappa shape index (κ1) is 13.4. The molecule has 1 rings (SSSR count). The van der Waals surface area contributed by atoms with Gasteiger partial charge in [-0.1, -0.05) is 12.1 Å². The molecule has 0 radical (unpaired) electrons. The highest BCUT2D eigenvalue weighted by molar-refractivity contribution is 5.68. The minimum Gasteiger partial charge on any atom is -0.450 e. The lowest BCUT2D eigenvalue weighted by Gasteiger charge is -2.25. The first-order valence-electron chi connectivity index (χ1n) is 5.82. The monoisotopic (exact) mass is 236 g/mol. The largest absolute Gasteiger partial charge is 0.450 e. The molecule has 0 heterocycles. The molecule has 0 saturated heterocycles. The van der Waals surface area contributed by atoms with E-state index in [1.807, 2.05) is 38.1 Å². The number of ether oxygens (including phenoxy) is 1. The lowest BCUT2D eigenvalue weighted by atomic mass is 10.2. The first-order chi connectivity index (χ1) is 8.04. The highest BCUT2D eigenvalue weighted by atomic mass is 16.6. The molecule has 0 aliphatic carbocycles. The highest BCUT2D eigenvalue weighted by Gasteiger charge is 2.18. The summed E-state index contributed by atoms with van der Waals surface area (Å²) in [5.41, 5.74) is 7.42. The van der Waals surface area contributed by atoms with Gasteiger partial charge in [-0.3, -0.25) is 0 Å². The van der Waals surface area contributed by atoms with E-state index in [9.17, 15) is 4.79 Å². The Hall–Kier alpha value is -1.71. The number of hydrogen-bond donors (Lipinski definition) is 1. The maximum absolute atomic E-state index is 11.7. The first-order valence-corrected chi connectivity index (χ1v) is 5.82. The average molecular weight is 236 g/mol. The van der Waals surface area contributed by atoms with Gasteiger partial charge in [-0.15, -0.1) is 0 Å². The minimum absolute atomic E-state index is 0.0930. The van der Waals surface area contributed by atoms with Crippen molar-refractivity contribution >= 4 is 11.8 Å². The van der Waals surface area contributed by atoms with Gasteiger partial charge >= 0.3 is 6.09 Å². The molecule has 94 valence electrons. The van der Waals surface area contributed by atoms with E-state index in [2.05, 4.69) is 0 Å². The number of amides is 1. The Bertz CT molecular complexity index is 377. The SMILES string of the molecule is CCOC(=O)N(Cc1cccc(N)c1)C(C)C. The van der Waals surface area contributed by atoms with Crippen molar-refractivity contribution in [2.75, 3.05) is 12.3 Å². The van der Waals surface area contributed by atoms with Crippen molar-refractivity contribution in [2.45, 2.75) is 33.4 Å². The molecule has 0 saturated carbocycles. The molecule has 0 fully saturated rings. The second-order valence-electron chi connectivity index (χ2n) is 4.17. The predicted octanol–water partition coefficient (Wildman–Crippen LogP) is 2.64. The summed E-state index contributed by atoms with van der Waals surface area (Å²) >= 11 is 0. The fourth-order valence-electron chi connectivity index (χ4n) is 1.55. The Morgan fingerprint density at radius 2 is 2.18 bits per heavy atom. The second-order valence-corrected chi connectivity index (χ2v) is 4.17. The van der Waals surface area contributed by atoms with E-state index in [0.717, 1.165) is 5.56 Å². The van der Waals surface area contributed by atoms with E-state index in [1.54, 1.807) is 11.8 Å². The zero-order chi connectivity index (χ0) is 12.8. The van der Waals surface area contributed by atoms with Crippen LogP contribution in [-0.4, -0.2) is 23.6 Å². The normalized spacial score (nSPS) is 10.4. The van der Waals surface area contributed by atoms with Gasteiger partial charge in [0.05, 0.1) is 6.61 Å². The van der Waals surface area contributed by atoms with Crippen LogP contribution in [0, 0.1) is 0 Å². The third-order valence-corrected chi connectivity index (χ3v) is 2.43. The summed E-state index contributed by atoms with van der Waals surface area (Å²) in [5.74, 6) is 0. The van der Waals surface area contributed by atoms with Crippen molar-refractivity contribution < 1.29 is 9.53 Å². The fraction of sp³-hybridized carbons (Fsp3) is 0.462. The Balaban J connectivity index is 2.76. The molecular formula is C13H20N2O2. The van der Waals surface area contributed by atoms with Crippen molar-refractivity contribution in [3.05, 3.63) is 29.8 Å². The summed E-state index contributed by atoms with van der Waals surface area (Å²) in [6.07, 6.45) is -0.287. The van der Waals surface area contributed by atoms with Crippen molar-refractivity contribution in [3.63, 3.8) is 0 Å². The number of hydrogen-bond acceptors (Lipinski definition) is 3. The number of nitrogens with zero attached hydrogens (tertiary/aromatic N) is 1. The summed E-state index contributed by atoms with van der Waals surface area (Å²) in [5, 5.41) is 0. The van der Waals surface area contributed by atoms with Crippen LogP contribution in [0.1, 0.15) is 26.3 Å². The smallest absolute Gasteiger partial charge is 0.410 e. The number of carbonyl (C=O) groups is 1. The molecule has 0 aliphatic rings. The van der Waals surface area contributed by atoms with Crippen LogP contribution in [-0.2, 0) is 11.3 Å². The van der Waals surface area contributed by atoms with Gasteiger partial charge in [-0.05, 0) is 38.5 Å². The number of anilines is 1. The van der Waals surface area contributed by atoms with Crippen molar-refractivity contribution in [1.29, 1.82) is 0 Å². The maximum Gasteiger partial charge on any atom is 0.410 e. The molecule has 0 unspecified atom stereocenters. The fourth-order valence-corrected chi connectivity index (χ4v) is 1.55. The van der Waals surface area contributed by atoms with E-state index in [0.29, 0.717) is 18.8 Å². The van der Waals surface area contributed by atoms with Gasteiger partial charge < -0.3 is 15.4 Å². The van der Waals surface area contributed by atoms with E-state index < -0.39 is 0 Å². The molecule has 0 aromatic heterocycles. The Kier molecular flexibility index (Phi) is 4.82. The van der Waals surface area contributed by atoms with Crippen LogP contribution in [0.2, 0.25) is 0 Å². The topological polar surface area (TPSA) is 55.6 Å². The molecule has 4 nitrogen and oxygen atoms in total. The van der Waals surface area contributed by atoms with Crippen LogP contribution in [0.25, 0.3) is 0 Å². The summed E-state index contributed by atoms with van der Waals surface area (Å²) in [7, 11) is 0. The zero-order valence-corrected chi connectivity index (χ0v) is 10.6. The Morgan fingerprint density at radius 1 is 1.47 bits per heavy atom. The molecule has 2 N–H and O–H groups in total. The third-order valence-electron chi connectivity index (χ3n) is 2.43. The number of benzene rings is 1. The molecule has 0 atom stereocenters. The standard InChI is InChI=1S/C13H20N2O2/c1-4-17-13(16)15(10(2)3)9-11-6-5-7-12(14)8-11/h5-8,10H,4,9,14H2,1-3H3. The average Bonchev–Trinajstić information content (AvgIpc) is 2.26. The summed E-state index contributed by atoms with van der Waals surface area (Å²) < 4.78 is 5.02. The van der Waals surface area contributed by atoms with E-state index >= 15 is 0 Å². The van der Waals surface area contributed by atoms with Crippen molar-refractivity contribution in [1.82, 2.24) is 4.90 Å². The summed E-state index contributed by atoms with van der Waals surface area (Å²) in [4.78, 5) is 13.4. The summed E-state index contributed by atoms with van der Waals surface area (Å²) in [6, 6.07) is 7.62. The second kappa shape index (κ2) is 6.13. The van der Waals surface area contributed by atoms with Crippen LogP contribution in [0.5, 0.6) is 0 Å². The van der Waals surface area contributed by atoms with Crippen LogP contribution >= 0.6 is 0 Å². The molecule has 4 heteroatoms. The number of nitrogens with two attached hydrogens (primary N) is 1. The van der Waals surface area contributed by atoms with Gasteiger partial charge in [0, 0.05) is 18.3 Å². The molecule has 1 amide bonds. The van der Waals surface area contributed by atoms with Gasteiger partial charge in [-0.2, -0.15) is 0 Å².